The highest BCUT2D eigenvalue weighted by atomic mass is 16.5. The van der Waals surface area contributed by atoms with Crippen LogP contribution in [0.15, 0.2) is 18.3 Å². The van der Waals surface area contributed by atoms with E-state index in [2.05, 4.69) is 5.10 Å². The van der Waals surface area contributed by atoms with Crippen LogP contribution in [-0.4, -0.2) is 16.9 Å². The van der Waals surface area contributed by atoms with Gasteiger partial charge in [0.2, 0.25) is 0 Å². The molecule has 0 aliphatic heterocycles. The molecule has 2 rings (SSSR count). The molecule has 1 aromatic heterocycles. The Morgan fingerprint density at radius 3 is 2.93 bits per heavy atom. The molecule has 0 saturated heterocycles. The van der Waals surface area contributed by atoms with E-state index in [4.69, 9.17) is 10.5 Å². The zero-order valence-corrected chi connectivity index (χ0v) is 8.32. The predicted octanol–water partition coefficient (Wildman–Crippen LogP) is 1.04. The smallest absolute Gasteiger partial charge is 0.129 e. The van der Waals surface area contributed by atoms with Crippen LogP contribution in [0, 0.1) is 0 Å². The second kappa shape index (κ2) is 3.31. The summed E-state index contributed by atoms with van der Waals surface area (Å²) >= 11 is 0. The van der Waals surface area contributed by atoms with Crippen molar-refractivity contribution in [1.82, 2.24) is 9.78 Å². The number of rotatable bonds is 2. The molecule has 0 unspecified atom stereocenters. The van der Waals surface area contributed by atoms with Crippen LogP contribution >= 0.6 is 0 Å². The first-order chi connectivity index (χ1) is 6.76. The number of nitrogens with two attached hydrogens (primary N) is 1. The number of ether oxygens (including phenoxy) is 1. The SMILES string of the molecule is COc1ccc(CN)c2nn(C)cc12. The molecule has 14 heavy (non-hydrogen) atoms. The summed E-state index contributed by atoms with van der Waals surface area (Å²) in [4.78, 5) is 0. The van der Waals surface area contributed by atoms with Gasteiger partial charge in [0.1, 0.15) is 11.3 Å². The monoisotopic (exact) mass is 191 g/mol. The van der Waals surface area contributed by atoms with Crippen LogP contribution in [0.5, 0.6) is 5.75 Å². The molecule has 0 amide bonds. The molecule has 2 aromatic rings. The number of benzene rings is 1. The van der Waals surface area contributed by atoms with Crippen molar-refractivity contribution in [3.8, 4) is 5.75 Å². The molecule has 0 bridgehead atoms. The van der Waals surface area contributed by atoms with Crippen molar-refractivity contribution in [2.75, 3.05) is 7.11 Å². The largest absolute Gasteiger partial charge is 0.496 e. The van der Waals surface area contributed by atoms with E-state index in [0.29, 0.717) is 6.54 Å². The maximum Gasteiger partial charge on any atom is 0.129 e. The van der Waals surface area contributed by atoms with Gasteiger partial charge in [-0.2, -0.15) is 5.10 Å². The minimum Gasteiger partial charge on any atom is -0.496 e. The molecule has 0 fully saturated rings. The second-order valence-electron chi connectivity index (χ2n) is 3.20. The topological polar surface area (TPSA) is 53.1 Å². The Hall–Kier alpha value is -1.55. The number of nitrogens with zero attached hydrogens (tertiary/aromatic N) is 2. The quantitative estimate of drug-likeness (QED) is 0.771. The molecule has 0 aliphatic rings. The number of hydrogen-bond acceptors (Lipinski definition) is 3. The van der Waals surface area contributed by atoms with E-state index in [1.54, 1.807) is 11.8 Å². The van der Waals surface area contributed by atoms with E-state index in [0.717, 1.165) is 22.2 Å². The van der Waals surface area contributed by atoms with Gasteiger partial charge in [0.25, 0.3) is 0 Å². The molecule has 0 saturated carbocycles. The molecule has 0 atom stereocenters. The maximum atomic E-state index is 5.63. The molecule has 4 heteroatoms. The highest BCUT2D eigenvalue weighted by Gasteiger charge is 2.08. The fourth-order valence-electron chi connectivity index (χ4n) is 1.59. The Labute approximate surface area is 82.3 Å². The van der Waals surface area contributed by atoms with E-state index in [1.165, 1.54) is 0 Å². The number of aromatic nitrogens is 2. The lowest BCUT2D eigenvalue weighted by molar-refractivity contribution is 0.419. The van der Waals surface area contributed by atoms with Gasteiger partial charge in [0.15, 0.2) is 0 Å². The second-order valence-corrected chi connectivity index (χ2v) is 3.20. The average Bonchev–Trinajstić information content (AvgIpc) is 2.57. The van der Waals surface area contributed by atoms with Crippen molar-refractivity contribution in [3.05, 3.63) is 23.9 Å². The average molecular weight is 191 g/mol. The summed E-state index contributed by atoms with van der Waals surface area (Å²) in [5.74, 6) is 0.838. The molecule has 4 nitrogen and oxygen atoms in total. The summed E-state index contributed by atoms with van der Waals surface area (Å²) < 4.78 is 7.02. The van der Waals surface area contributed by atoms with Gasteiger partial charge in [-0.05, 0) is 11.6 Å². The standard InChI is InChI=1S/C10H13N3O/c1-13-6-8-9(14-2)4-3-7(5-11)10(8)12-13/h3-4,6H,5,11H2,1-2H3. The highest BCUT2D eigenvalue weighted by molar-refractivity contribution is 5.87. The van der Waals surface area contributed by atoms with Crippen molar-refractivity contribution >= 4 is 10.9 Å². The van der Waals surface area contributed by atoms with Crippen molar-refractivity contribution in [3.63, 3.8) is 0 Å². The minimum atomic E-state index is 0.498. The molecule has 0 radical (unpaired) electrons. The van der Waals surface area contributed by atoms with Crippen molar-refractivity contribution in [2.24, 2.45) is 12.8 Å². The van der Waals surface area contributed by atoms with E-state index in [9.17, 15) is 0 Å². The summed E-state index contributed by atoms with van der Waals surface area (Å²) in [6.07, 6.45) is 1.94. The lowest BCUT2D eigenvalue weighted by Gasteiger charge is -2.03. The van der Waals surface area contributed by atoms with Crippen molar-refractivity contribution in [2.45, 2.75) is 6.54 Å². The summed E-state index contributed by atoms with van der Waals surface area (Å²) in [7, 11) is 3.55. The van der Waals surface area contributed by atoms with Gasteiger partial charge in [-0.15, -0.1) is 0 Å². The van der Waals surface area contributed by atoms with Crippen LogP contribution < -0.4 is 10.5 Å². The van der Waals surface area contributed by atoms with E-state index < -0.39 is 0 Å². The molecule has 1 aromatic carbocycles. The third-order valence-corrected chi connectivity index (χ3v) is 2.27. The summed E-state index contributed by atoms with van der Waals surface area (Å²) in [5.41, 5.74) is 7.59. The number of hydrogen-bond donors (Lipinski definition) is 1. The number of aryl methyl sites for hydroxylation is 1. The van der Waals surface area contributed by atoms with Crippen LogP contribution in [0.1, 0.15) is 5.56 Å². The molecule has 0 spiro atoms. The lowest BCUT2D eigenvalue weighted by atomic mass is 10.1. The van der Waals surface area contributed by atoms with Crippen molar-refractivity contribution in [1.29, 1.82) is 0 Å². The lowest BCUT2D eigenvalue weighted by Crippen LogP contribution is -1.98. The molecule has 0 aliphatic carbocycles. The van der Waals surface area contributed by atoms with Gasteiger partial charge in [-0.1, -0.05) is 6.07 Å². The van der Waals surface area contributed by atoms with Gasteiger partial charge in [-0.3, -0.25) is 4.68 Å². The van der Waals surface area contributed by atoms with Gasteiger partial charge >= 0.3 is 0 Å². The van der Waals surface area contributed by atoms with E-state index >= 15 is 0 Å². The number of methoxy groups -OCH3 is 1. The summed E-state index contributed by atoms with van der Waals surface area (Å²) in [6.45, 7) is 0.498. The van der Waals surface area contributed by atoms with E-state index in [1.807, 2.05) is 25.4 Å². The van der Waals surface area contributed by atoms with Gasteiger partial charge in [0.05, 0.1) is 12.5 Å². The third kappa shape index (κ3) is 1.24. The molecular weight excluding hydrogens is 178 g/mol. The van der Waals surface area contributed by atoms with Crippen LogP contribution in [0.3, 0.4) is 0 Å². The first-order valence-electron chi connectivity index (χ1n) is 4.45. The summed E-state index contributed by atoms with van der Waals surface area (Å²) in [5, 5.41) is 5.36. The Bertz CT molecular complexity index is 421. The molecule has 74 valence electrons. The zero-order chi connectivity index (χ0) is 10.1. The summed E-state index contributed by atoms with van der Waals surface area (Å²) in [6, 6.07) is 3.88. The number of fused-ring (bicyclic) bond motifs is 1. The maximum absolute atomic E-state index is 5.63. The Morgan fingerprint density at radius 2 is 2.29 bits per heavy atom. The van der Waals surface area contributed by atoms with Crippen LogP contribution in [0.2, 0.25) is 0 Å². The van der Waals surface area contributed by atoms with Crippen LogP contribution in [-0.2, 0) is 13.6 Å². The molecule has 2 N–H and O–H groups in total. The van der Waals surface area contributed by atoms with E-state index in [-0.39, 0.29) is 0 Å². The Balaban J connectivity index is 2.77. The highest BCUT2D eigenvalue weighted by Crippen LogP contribution is 2.26. The predicted molar refractivity (Wildman–Crippen MR) is 55.2 cm³/mol. The van der Waals surface area contributed by atoms with Gasteiger partial charge in [-0.25, -0.2) is 0 Å². The fourth-order valence-corrected chi connectivity index (χ4v) is 1.59. The Morgan fingerprint density at radius 1 is 1.50 bits per heavy atom. The van der Waals surface area contributed by atoms with Crippen LogP contribution in [0.25, 0.3) is 10.9 Å². The first-order valence-corrected chi connectivity index (χ1v) is 4.45. The van der Waals surface area contributed by atoms with Crippen LogP contribution in [0.4, 0.5) is 0 Å². The fraction of sp³-hybridized carbons (Fsp3) is 0.300. The first kappa shape index (κ1) is 9.02. The van der Waals surface area contributed by atoms with Gasteiger partial charge in [0, 0.05) is 19.8 Å². The van der Waals surface area contributed by atoms with Gasteiger partial charge < -0.3 is 10.5 Å². The molecular formula is C10H13N3O. The molecule has 1 heterocycles. The van der Waals surface area contributed by atoms with Crippen molar-refractivity contribution < 1.29 is 4.74 Å². The third-order valence-electron chi connectivity index (χ3n) is 2.27. The normalized spacial score (nSPS) is 10.8. The zero-order valence-electron chi connectivity index (χ0n) is 8.32. The minimum absolute atomic E-state index is 0.498. The Kier molecular flexibility index (Phi) is 2.13.